The van der Waals surface area contributed by atoms with Crippen LogP contribution in [0.2, 0.25) is 0 Å². The van der Waals surface area contributed by atoms with Gasteiger partial charge in [0.15, 0.2) is 5.13 Å². The molecule has 2 aliphatic rings. The lowest BCUT2D eigenvalue weighted by molar-refractivity contribution is -0.117. The number of amides is 1. The molecule has 0 aromatic carbocycles. The average Bonchev–Trinajstić information content (AvgIpc) is 3.02. The fourth-order valence-corrected chi connectivity index (χ4v) is 3.92. The van der Waals surface area contributed by atoms with Gasteiger partial charge in [-0.15, -0.1) is 11.3 Å². The molecule has 2 fully saturated rings. The standard InChI is InChI=1S/C15H24N4OS/c20-14(17-15-16-6-11-21-15)12-18-9-4-13(5-10-18)19-7-2-1-3-8-19/h6,11,13H,1-5,7-10,12H2,(H,16,17,20). The molecule has 1 aromatic heterocycles. The minimum atomic E-state index is 0.0568. The summed E-state index contributed by atoms with van der Waals surface area (Å²) < 4.78 is 0. The van der Waals surface area contributed by atoms with Crippen molar-refractivity contribution in [1.82, 2.24) is 14.8 Å². The average molecular weight is 308 g/mol. The van der Waals surface area contributed by atoms with Crippen molar-refractivity contribution in [3.05, 3.63) is 11.6 Å². The third kappa shape index (κ3) is 4.25. The van der Waals surface area contributed by atoms with Crippen LogP contribution in [0.1, 0.15) is 32.1 Å². The van der Waals surface area contributed by atoms with Crippen LogP contribution in [-0.4, -0.2) is 59.5 Å². The van der Waals surface area contributed by atoms with Crippen LogP contribution < -0.4 is 5.32 Å². The first-order chi connectivity index (χ1) is 10.3. The van der Waals surface area contributed by atoms with E-state index in [2.05, 4.69) is 20.1 Å². The van der Waals surface area contributed by atoms with Gasteiger partial charge in [-0.3, -0.25) is 9.69 Å². The Hall–Kier alpha value is -0.980. The molecule has 1 N–H and O–H groups in total. The zero-order valence-electron chi connectivity index (χ0n) is 12.5. The maximum absolute atomic E-state index is 12.0. The molecule has 3 heterocycles. The van der Waals surface area contributed by atoms with Gasteiger partial charge in [0.25, 0.3) is 0 Å². The summed E-state index contributed by atoms with van der Waals surface area (Å²) in [6, 6.07) is 0.739. The topological polar surface area (TPSA) is 48.5 Å². The van der Waals surface area contributed by atoms with E-state index in [1.807, 2.05) is 5.38 Å². The van der Waals surface area contributed by atoms with E-state index >= 15 is 0 Å². The number of carbonyl (C=O) groups excluding carboxylic acids is 1. The van der Waals surface area contributed by atoms with E-state index in [1.165, 1.54) is 56.5 Å². The highest BCUT2D eigenvalue weighted by molar-refractivity contribution is 7.13. The van der Waals surface area contributed by atoms with Gasteiger partial charge >= 0.3 is 0 Å². The molecule has 2 saturated heterocycles. The number of piperidine rings is 2. The second-order valence-electron chi connectivity index (χ2n) is 5.99. The van der Waals surface area contributed by atoms with E-state index in [1.54, 1.807) is 6.20 Å². The van der Waals surface area contributed by atoms with Gasteiger partial charge in [-0.1, -0.05) is 6.42 Å². The molecule has 21 heavy (non-hydrogen) atoms. The second-order valence-corrected chi connectivity index (χ2v) is 6.88. The van der Waals surface area contributed by atoms with Gasteiger partial charge in [0.1, 0.15) is 0 Å². The van der Waals surface area contributed by atoms with Crippen LogP contribution in [0.15, 0.2) is 11.6 Å². The molecule has 2 aliphatic heterocycles. The van der Waals surface area contributed by atoms with Crippen LogP contribution in [0.3, 0.4) is 0 Å². The number of hydrogen-bond acceptors (Lipinski definition) is 5. The molecule has 116 valence electrons. The fourth-order valence-electron chi connectivity index (χ4n) is 3.37. The van der Waals surface area contributed by atoms with Crippen LogP contribution >= 0.6 is 11.3 Å². The lowest BCUT2D eigenvalue weighted by Gasteiger charge is -2.40. The number of rotatable bonds is 4. The number of likely N-dealkylation sites (tertiary alicyclic amines) is 2. The number of nitrogens with zero attached hydrogens (tertiary/aromatic N) is 3. The van der Waals surface area contributed by atoms with Gasteiger partial charge in [0.05, 0.1) is 6.54 Å². The first-order valence-electron chi connectivity index (χ1n) is 7.97. The molecule has 1 aromatic rings. The highest BCUT2D eigenvalue weighted by Gasteiger charge is 2.26. The van der Waals surface area contributed by atoms with Gasteiger partial charge in [-0.05, 0) is 38.8 Å². The van der Waals surface area contributed by atoms with E-state index in [-0.39, 0.29) is 5.91 Å². The summed E-state index contributed by atoms with van der Waals surface area (Å²) in [4.78, 5) is 21.0. The quantitative estimate of drug-likeness (QED) is 0.924. The molecule has 0 saturated carbocycles. The van der Waals surface area contributed by atoms with Crippen LogP contribution in [-0.2, 0) is 4.79 Å². The maximum Gasteiger partial charge on any atom is 0.240 e. The molecule has 0 unspecified atom stereocenters. The zero-order valence-corrected chi connectivity index (χ0v) is 13.3. The molecule has 6 heteroatoms. The molecule has 0 atom stereocenters. The third-order valence-electron chi connectivity index (χ3n) is 4.51. The van der Waals surface area contributed by atoms with Crippen molar-refractivity contribution in [3.63, 3.8) is 0 Å². The van der Waals surface area contributed by atoms with Crippen molar-refractivity contribution in [2.45, 2.75) is 38.1 Å². The Labute approximate surface area is 130 Å². The van der Waals surface area contributed by atoms with Crippen molar-refractivity contribution >= 4 is 22.4 Å². The summed E-state index contributed by atoms with van der Waals surface area (Å²) in [5.74, 6) is 0.0568. The van der Waals surface area contributed by atoms with Crippen molar-refractivity contribution in [3.8, 4) is 0 Å². The van der Waals surface area contributed by atoms with Crippen LogP contribution in [0.5, 0.6) is 0 Å². The van der Waals surface area contributed by atoms with Crippen molar-refractivity contribution in [2.24, 2.45) is 0 Å². The van der Waals surface area contributed by atoms with E-state index in [9.17, 15) is 4.79 Å². The molecule has 0 bridgehead atoms. The van der Waals surface area contributed by atoms with Gasteiger partial charge in [-0.25, -0.2) is 4.98 Å². The van der Waals surface area contributed by atoms with Gasteiger partial charge in [0, 0.05) is 30.7 Å². The highest BCUT2D eigenvalue weighted by atomic mass is 32.1. The maximum atomic E-state index is 12.0. The van der Waals surface area contributed by atoms with E-state index in [4.69, 9.17) is 0 Å². The summed E-state index contributed by atoms with van der Waals surface area (Å²) in [5.41, 5.74) is 0. The monoisotopic (exact) mass is 308 g/mol. The van der Waals surface area contributed by atoms with E-state index in [0.29, 0.717) is 11.7 Å². The predicted molar refractivity (Wildman–Crippen MR) is 85.6 cm³/mol. The molecular weight excluding hydrogens is 284 g/mol. The molecule has 0 spiro atoms. The highest BCUT2D eigenvalue weighted by Crippen LogP contribution is 2.20. The van der Waals surface area contributed by atoms with Gasteiger partial charge in [0.2, 0.25) is 5.91 Å². The summed E-state index contributed by atoms with van der Waals surface area (Å²) >= 11 is 1.46. The molecule has 3 rings (SSSR count). The first kappa shape index (κ1) is 14.9. The second kappa shape index (κ2) is 7.33. The number of thiazole rings is 1. The smallest absolute Gasteiger partial charge is 0.240 e. The molecule has 0 radical (unpaired) electrons. The number of carbonyl (C=O) groups is 1. The molecule has 1 amide bonds. The Morgan fingerprint density at radius 3 is 2.67 bits per heavy atom. The Morgan fingerprint density at radius 2 is 2.00 bits per heavy atom. The predicted octanol–water partition coefficient (Wildman–Crippen LogP) is 2.03. The number of anilines is 1. The number of hydrogen-bond donors (Lipinski definition) is 1. The Morgan fingerprint density at radius 1 is 1.24 bits per heavy atom. The lowest BCUT2D eigenvalue weighted by atomic mass is 10.00. The Balaban J connectivity index is 1.40. The SMILES string of the molecule is O=C(CN1CCC(N2CCCCC2)CC1)Nc1nccs1. The molecular formula is C15H24N4OS. The summed E-state index contributed by atoms with van der Waals surface area (Å²) in [6.45, 7) is 5.11. The number of aromatic nitrogens is 1. The normalized spacial score (nSPS) is 22.3. The Kier molecular flexibility index (Phi) is 5.22. The summed E-state index contributed by atoms with van der Waals surface area (Å²) in [6.07, 6.45) is 8.22. The first-order valence-corrected chi connectivity index (χ1v) is 8.85. The lowest BCUT2D eigenvalue weighted by Crippen LogP contribution is -2.48. The van der Waals surface area contributed by atoms with Crippen molar-refractivity contribution in [1.29, 1.82) is 0 Å². The van der Waals surface area contributed by atoms with Crippen LogP contribution in [0.25, 0.3) is 0 Å². The zero-order chi connectivity index (χ0) is 14.5. The fraction of sp³-hybridized carbons (Fsp3) is 0.733. The minimum Gasteiger partial charge on any atom is -0.301 e. The van der Waals surface area contributed by atoms with Crippen LogP contribution in [0.4, 0.5) is 5.13 Å². The Bertz CT molecular complexity index is 437. The van der Waals surface area contributed by atoms with Crippen LogP contribution in [0, 0.1) is 0 Å². The van der Waals surface area contributed by atoms with E-state index in [0.717, 1.165) is 19.1 Å². The third-order valence-corrected chi connectivity index (χ3v) is 5.20. The number of nitrogens with one attached hydrogen (secondary N) is 1. The van der Waals surface area contributed by atoms with E-state index < -0.39 is 0 Å². The van der Waals surface area contributed by atoms with Gasteiger partial charge < -0.3 is 10.2 Å². The summed E-state index contributed by atoms with van der Waals surface area (Å²) in [5, 5.41) is 5.43. The van der Waals surface area contributed by atoms with Crippen molar-refractivity contribution in [2.75, 3.05) is 38.0 Å². The minimum absolute atomic E-state index is 0.0568. The van der Waals surface area contributed by atoms with Gasteiger partial charge in [-0.2, -0.15) is 0 Å². The van der Waals surface area contributed by atoms with Crippen molar-refractivity contribution < 1.29 is 4.79 Å². The summed E-state index contributed by atoms with van der Waals surface area (Å²) in [7, 11) is 0. The molecule has 0 aliphatic carbocycles. The molecule has 5 nitrogen and oxygen atoms in total. The largest absolute Gasteiger partial charge is 0.301 e.